The normalized spacial score (nSPS) is 19.9. The molecule has 108 valence electrons. The Bertz CT molecular complexity index is 669. The third kappa shape index (κ3) is 2.92. The lowest BCUT2D eigenvalue weighted by Crippen LogP contribution is -2.42. The molecular weight excluding hydrogens is 290 g/mol. The van der Waals surface area contributed by atoms with Crippen LogP contribution in [0.25, 0.3) is 0 Å². The van der Waals surface area contributed by atoms with Crippen LogP contribution >= 0.6 is 11.6 Å². The number of amides is 2. The summed E-state index contributed by atoms with van der Waals surface area (Å²) < 4.78 is 0. The third-order valence-electron chi connectivity index (χ3n) is 3.57. The third-order valence-corrected chi connectivity index (χ3v) is 3.92. The fourth-order valence-electron chi connectivity index (χ4n) is 2.35. The fourth-order valence-corrected chi connectivity index (χ4v) is 2.63. The van der Waals surface area contributed by atoms with Crippen molar-refractivity contribution in [1.82, 2.24) is 15.8 Å². The van der Waals surface area contributed by atoms with E-state index in [9.17, 15) is 9.59 Å². The van der Waals surface area contributed by atoms with E-state index in [0.29, 0.717) is 10.7 Å². The first-order chi connectivity index (χ1) is 10.2. The molecule has 21 heavy (non-hydrogen) atoms. The Morgan fingerprint density at radius 1 is 1.14 bits per heavy atom. The second-order valence-corrected chi connectivity index (χ2v) is 5.40. The molecule has 1 fully saturated rings. The molecular formula is C15H14ClN3O2. The van der Waals surface area contributed by atoms with Gasteiger partial charge in [0.2, 0.25) is 5.91 Å². The van der Waals surface area contributed by atoms with Gasteiger partial charge in [-0.3, -0.25) is 20.4 Å². The van der Waals surface area contributed by atoms with Crippen molar-refractivity contribution in [3.8, 4) is 0 Å². The Hall–Kier alpha value is -2.27. The summed E-state index contributed by atoms with van der Waals surface area (Å²) in [4.78, 5) is 26.4. The summed E-state index contributed by atoms with van der Waals surface area (Å²) in [6, 6.07) is 10.9. The molecule has 1 aromatic carbocycles. The highest BCUT2D eigenvalue weighted by Crippen LogP contribution is 2.49. The zero-order chi connectivity index (χ0) is 14.8. The molecule has 3 rings (SSSR count). The first-order valence-electron chi connectivity index (χ1n) is 6.65. The van der Waals surface area contributed by atoms with E-state index in [2.05, 4.69) is 15.8 Å². The molecule has 1 aromatic heterocycles. The number of carbonyl (C=O) groups excluding carboxylic acids is 2. The molecule has 0 spiro atoms. The van der Waals surface area contributed by atoms with Crippen LogP contribution in [0.1, 0.15) is 28.4 Å². The minimum absolute atomic E-state index is 0.126. The largest absolute Gasteiger partial charge is 0.357 e. The van der Waals surface area contributed by atoms with Crippen molar-refractivity contribution in [1.29, 1.82) is 0 Å². The Labute approximate surface area is 126 Å². The van der Waals surface area contributed by atoms with E-state index in [1.54, 1.807) is 18.3 Å². The van der Waals surface area contributed by atoms with Crippen molar-refractivity contribution in [2.24, 2.45) is 5.92 Å². The van der Waals surface area contributed by atoms with Crippen molar-refractivity contribution in [3.63, 3.8) is 0 Å². The average Bonchev–Trinajstić information content (AvgIpc) is 3.08. The molecule has 1 aliphatic carbocycles. The number of halogens is 1. The summed E-state index contributed by atoms with van der Waals surface area (Å²) in [5, 5.41) is 0.674. The predicted molar refractivity (Wildman–Crippen MR) is 78.7 cm³/mol. The van der Waals surface area contributed by atoms with Crippen molar-refractivity contribution in [2.45, 2.75) is 12.3 Å². The summed E-state index contributed by atoms with van der Waals surface area (Å²) in [6.45, 7) is 0. The van der Waals surface area contributed by atoms with Gasteiger partial charge in [-0.25, -0.2) is 0 Å². The van der Waals surface area contributed by atoms with Gasteiger partial charge in [0.1, 0.15) is 5.69 Å². The lowest BCUT2D eigenvalue weighted by Gasteiger charge is -2.06. The van der Waals surface area contributed by atoms with Crippen molar-refractivity contribution in [2.75, 3.05) is 0 Å². The van der Waals surface area contributed by atoms with E-state index in [1.807, 2.05) is 24.3 Å². The highest BCUT2D eigenvalue weighted by atomic mass is 35.5. The van der Waals surface area contributed by atoms with Crippen LogP contribution in [0.2, 0.25) is 5.02 Å². The molecule has 1 saturated carbocycles. The van der Waals surface area contributed by atoms with Crippen LogP contribution in [0.4, 0.5) is 0 Å². The van der Waals surface area contributed by atoms with Crippen LogP contribution in [-0.4, -0.2) is 16.8 Å². The summed E-state index contributed by atoms with van der Waals surface area (Å²) in [7, 11) is 0. The number of aromatic nitrogens is 1. The highest BCUT2D eigenvalue weighted by Gasteiger charge is 2.44. The van der Waals surface area contributed by atoms with E-state index >= 15 is 0 Å². The predicted octanol–water partition coefficient (Wildman–Crippen LogP) is 2.23. The summed E-state index contributed by atoms with van der Waals surface area (Å²) >= 11 is 6.12. The van der Waals surface area contributed by atoms with E-state index in [-0.39, 0.29) is 23.7 Å². The average molecular weight is 304 g/mol. The molecule has 0 bridgehead atoms. The maximum absolute atomic E-state index is 12.0. The number of hydrogen-bond acceptors (Lipinski definition) is 2. The number of carbonyl (C=O) groups is 2. The van der Waals surface area contributed by atoms with E-state index < -0.39 is 0 Å². The van der Waals surface area contributed by atoms with Gasteiger partial charge in [-0.1, -0.05) is 29.8 Å². The van der Waals surface area contributed by atoms with Gasteiger partial charge in [0.25, 0.3) is 5.91 Å². The maximum Gasteiger partial charge on any atom is 0.286 e. The van der Waals surface area contributed by atoms with Gasteiger partial charge >= 0.3 is 0 Å². The first kappa shape index (κ1) is 13.7. The molecule has 3 N–H and O–H groups in total. The monoisotopic (exact) mass is 303 g/mol. The SMILES string of the molecule is O=C(NNC(=O)C1CC1c1ccccc1Cl)c1ccc[nH]1. The fraction of sp³-hybridized carbons (Fsp3) is 0.200. The standard InChI is InChI=1S/C15H14ClN3O2/c16-12-5-2-1-4-9(12)10-8-11(10)14(20)18-19-15(21)13-6-3-7-17-13/h1-7,10-11,17H,8H2,(H,18,20)(H,19,21). The number of hydrazine groups is 1. The zero-order valence-electron chi connectivity index (χ0n) is 11.1. The van der Waals surface area contributed by atoms with Gasteiger partial charge in [-0.05, 0) is 36.1 Å². The minimum Gasteiger partial charge on any atom is -0.357 e. The lowest BCUT2D eigenvalue weighted by atomic mass is 10.1. The molecule has 0 saturated heterocycles. The van der Waals surface area contributed by atoms with Gasteiger partial charge in [-0.15, -0.1) is 0 Å². The van der Waals surface area contributed by atoms with E-state index in [1.165, 1.54) is 0 Å². The molecule has 0 aliphatic heterocycles. The van der Waals surface area contributed by atoms with Crippen molar-refractivity contribution in [3.05, 3.63) is 58.9 Å². The minimum atomic E-state index is -0.372. The van der Waals surface area contributed by atoms with E-state index in [0.717, 1.165) is 12.0 Å². The van der Waals surface area contributed by atoms with Crippen molar-refractivity contribution < 1.29 is 9.59 Å². The molecule has 2 amide bonds. The number of aromatic amines is 1. The van der Waals surface area contributed by atoms with Crippen LogP contribution in [0.5, 0.6) is 0 Å². The maximum atomic E-state index is 12.0. The number of benzene rings is 1. The van der Waals surface area contributed by atoms with Gasteiger partial charge in [0.15, 0.2) is 0 Å². The Kier molecular flexibility index (Phi) is 3.66. The molecule has 2 aromatic rings. The topological polar surface area (TPSA) is 74.0 Å². The number of rotatable bonds is 3. The molecule has 5 nitrogen and oxygen atoms in total. The smallest absolute Gasteiger partial charge is 0.286 e. The number of H-pyrrole nitrogens is 1. The van der Waals surface area contributed by atoms with Gasteiger partial charge in [0, 0.05) is 17.1 Å². The van der Waals surface area contributed by atoms with Gasteiger partial charge in [0.05, 0.1) is 0 Å². The number of nitrogens with one attached hydrogen (secondary N) is 3. The lowest BCUT2D eigenvalue weighted by molar-refractivity contribution is -0.123. The Morgan fingerprint density at radius 3 is 2.67 bits per heavy atom. The summed E-state index contributed by atoms with van der Waals surface area (Å²) in [6.07, 6.45) is 2.39. The Morgan fingerprint density at radius 2 is 1.95 bits per heavy atom. The molecule has 6 heteroatoms. The van der Waals surface area contributed by atoms with Crippen LogP contribution in [-0.2, 0) is 4.79 Å². The quantitative estimate of drug-likeness (QED) is 0.761. The first-order valence-corrected chi connectivity index (χ1v) is 7.02. The molecule has 2 unspecified atom stereocenters. The van der Waals surface area contributed by atoms with Gasteiger partial charge in [-0.2, -0.15) is 0 Å². The highest BCUT2D eigenvalue weighted by molar-refractivity contribution is 6.31. The molecule has 1 aliphatic rings. The zero-order valence-corrected chi connectivity index (χ0v) is 11.9. The van der Waals surface area contributed by atoms with Crippen LogP contribution in [0, 0.1) is 5.92 Å². The van der Waals surface area contributed by atoms with Crippen molar-refractivity contribution >= 4 is 23.4 Å². The Balaban J connectivity index is 1.54. The second kappa shape index (κ2) is 5.61. The summed E-state index contributed by atoms with van der Waals surface area (Å²) in [5.41, 5.74) is 6.22. The molecule has 0 radical (unpaired) electrons. The second-order valence-electron chi connectivity index (χ2n) is 5.00. The van der Waals surface area contributed by atoms with Crippen LogP contribution in [0.3, 0.4) is 0 Å². The summed E-state index contributed by atoms with van der Waals surface area (Å²) in [5.74, 6) is -0.585. The number of hydrogen-bond donors (Lipinski definition) is 3. The van der Waals surface area contributed by atoms with Gasteiger partial charge < -0.3 is 4.98 Å². The molecule has 2 atom stereocenters. The van der Waals surface area contributed by atoms with Crippen LogP contribution in [0.15, 0.2) is 42.6 Å². The van der Waals surface area contributed by atoms with E-state index in [4.69, 9.17) is 11.6 Å². The van der Waals surface area contributed by atoms with Crippen LogP contribution < -0.4 is 10.9 Å². The molecule has 1 heterocycles.